The minimum atomic E-state index is -0.0938. The van der Waals surface area contributed by atoms with Crippen molar-refractivity contribution in [1.29, 1.82) is 0 Å². The summed E-state index contributed by atoms with van der Waals surface area (Å²) >= 11 is 9.45. The van der Waals surface area contributed by atoms with Crippen LogP contribution in [0.3, 0.4) is 0 Å². The molecule has 0 aliphatic heterocycles. The average molecular weight is 1060 g/mol. The second-order valence-corrected chi connectivity index (χ2v) is 18.7. The first-order valence-corrected chi connectivity index (χ1v) is 17.1. The van der Waals surface area contributed by atoms with Crippen LogP contribution in [0.4, 0.5) is 0 Å². The normalized spacial score (nSPS) is 16.5. The van der Waals surface area contributed by atoms with Crippen LogP contribution in [0, 0.1) is 23.7 Å². The maximum atomic E-state index is 5.89. The van der Waals surface area contributed by atoms with Crippen LogP contribution in [0.5, 0.6) is 0 Å². The van der Waals surface area contributed by atoms with Crippen LogP contribution < -0.4 is 0 Å². The Labute approximate surface area is 277 Å². The maximum absolute atomic E-state index is 5.89. The Morgan fingerprint density at radius 2 is 0.968 bits per heavy atom. The van der Waals surface area contributed by atoms with Gasteiger partial charge in [-0.25, -0.2) is 0 Å². The van der Waals surface area contributed by atoms with Crippen molar-refractivity contribution < 1.29 is 6.78 Å². The molecule has 186 valence electrons. The minimum Gasteiger partial charge on any atom is 0 e. The van der Waals surface area contributed by atoms with E-state index in [4.69, 9.17) is 6.78 Å². The molecule has 2 nitrogen and oxygen atoms in total. The van der Waals surface area contributed by atoms with Crippen LogP contribution in [0.2, 0.25) is 11.9 Å². The van der Waals surface area contributed by atoms with Crippen LogP contribution >= 0.6 is 0 Å². The van der Waals surface area contributed by atoms with Gasteiger partial charge in [-0.3, -0.25) is 0 Å². The van der Waals surface area contributed by atoms with E-state index in [1.165, 1.54) is 23.4 Å². The maximum Gasteiger partial charge on any atom is 0 e. The standard InChI is InChI=1S/C14H28GeO2.2C4H9Te.CH3Te.Sb.Te/c1-9(2)14(8,16)12(5)10(3)11(4)13(6,7)17-15;2*1-4(2,3)5;1-2;;/h9-12H,1-8H3;2*1-3H3;1H3;;/q-1;;;;+1;. The quantitative estimate of drug-likeness (QED) is 0.298. The van der Waals surface area contributed by atoms with Crippen LogP contribution in [-0.2, 0) is 6.78 Å². The molecule has 4 atom stereocenters. The molecule has 0 rings (SSSR count). The van der Waals surface area contributed by atoms with E-state index >= 15 is 0 Å². The van der Waals surface area contributed by atoms with Crippen LogP contribution in [0.1, 0.15) is 96.9 Å². The van der Waals surface area contributed by atoms with Gasteiger partial charge in [0.25, 0.3) is 0 Å². The van der Waals surface area contributed by atoms with E-state index < -0.39 is 0 Å². The second-order valence-electron chi connectivity index (χ2n) is 10.8. The van der Waals surface area contributed by atoms with Crippen molar-refractivity contribution in [3.63, 3.8) is 0 Å². The van der Waals surface area contributed by atoms with E-state index in [2.05, 4.69) is 142 Å². The molecule has 0 aliphatic carbocycles. The third-order valence-corrected chi connectivity index (χ3v) is 7.41. The van der Waals surface area contributed by atoms with Gasteiger partial charge in [0.1, 0.15) is 0 Å². The fourth-order valence-electron chi connectivity index (χ4n) is 2.40. The molecule has 0 amide bonds. The first-order chi connectivity index (χ1) is 13.0. The Kier molecular flexibility index (Phi) is 31.3. The van der Waals surface area contributed by atoms with E-state index in [9.17, 15) is 0 Å². The molecule has 0 N–H and O–H groups in total. The molecular formula is C23H49GeO2SbTe4. The van der Waals surface area contributed by atoms with Crippen molar-refractivity contribution in [2.24, 2.45) is 23.7 Å². The summed E-state index contributed by atoms with van der Waals surface area (Å²) in [7, 11) is 0. The number of hydrogen-bond donors (Lipinski definition) is 0. The molecule has 10 radical (unpaired) electrons. The summed E-state index contributed by atoms with van der Waals surface area (Å²) in [6, 6.07) is 0. The van der Waals surface area contributed by atoms with Gasteiger partial charge in [0.05, 0.1) is 0 Å². The first-order valence-electron chi connectivity index (χ1n) is 10.5. The van der Waals surface area contributed by atoms with Gasteiger partial charge in [0.2, 0.25) is 0 Å². The summed E-state index contributed by atoms with van der Waals surface area (Å²) in [5.74, 6) is 2.03. The summed E-state index contributed by atoms with van der Waals surface area (Å²) < 4.78 is 12.5. The Balaban J connectivity index is -0.000000143. The predicted octanol–water partition coefficient (Wildman–Crippen LogP) is 5.86. The molecule has 0 heterocycles. The van der Waals surface area contributed by atoms with E-state index in [1.807, 2.05) is 27.3 Å². The van der Waals surface area contributed by atoms with Crippen LogP contribution in [0.25, 0.3) is 0 Å². The van der Waals surface area contributed by atoms with Gasteiger partial charge in [-0.2, -0.15) is 0 Å². The predicted molar refractivity (Wildman–Crippen MR) is 147 cm³/mol. The molecule has 0 saturated carbocycles. The van der Waals surface area contributed by atoms with Crippen molar-refractivity contribution in [1.82, 2.24) is 0 Å². The Bertz CT molecular complexity index is 389. The van der Waals surface area contributed by atoms with Gasteiger partial charge >= 0.3 is 258 Å². The Morgan fingerprint density at radius 1 is 0.710 bits per heavy atom. The van der Waals surface area contributed by atoms with Gasteiger partial charge < -0.3 is 0 Å². The van der Waals surface area contributed by atoms with E-state index in [0.29, 0.717) is 30.6 Å². The van der Waals surface area contributed by atoms with E-state index in [1.54, 1.807) is 16.9 Å². The van der Waals surface area contributed by atoms with Crippen LogP contribution in [-0.4, -0.2) is 142 Å². The summed E-state index contributed by atoms with van der Waals surface area (Å²) in [6.45, 7) is 31.1. The number of rotatable bonds is 7. The topological polar surface area (TPSA) is 18.5 Å². The molecule has 31 heavy (non-hydrogen) atoms. The molecular weight excluding hydrogens is 1010 g/mol. The molecule has 0 aromatic carbocycles. The van der Waals surface area contributed by atoms with Gasteiger partial charge in [-0.1, -0.05) is 0 Å². The molecule has 0 aliphatic rings. The first kappa shape index (κ1) is 45.4. The molecule has 0 aromatic heterocycles. The van der Waals surface area contributed by atoms with E-state index in [0.717, 1.165) is 0 Å². The largest absolute Gasteiger partial charge is 0 e. The minimum absolute atomic E-state index is 0. The van der Waals surface area contributed by atoms with Crippen LogP contribution in [0.15, 0.2) is 0 Å². The molecule has 0 fully saturated rings. The summed E-state index contributed by atoms with van der Waals surface area (Å²) in [4.78, 5) is 2.01. The fraction of sp³-hybridized carbons (Fsp3) is 1.00. The van der Waals surface area contributed by atoms with Gasteiger partial charge in [0.15, 0.2) is 0 Å². The monoisotopic (exact) mass is 1070 g/mol. The zero-order chi connectivity index (χ0) is 25.7. The molecule has 0 spiro atoms. The summed E-state index contributed by atoms with van der Waals surface area (Å²) in [6.07, 6.45) is 0. The summed E-state index contributed by atoms with van der Waals surface area (Å²) in [5.41, 5.74) is -0.157. The van der Waals surface area contributed by atoms with Crippen molar-refractivity contribution in [3.8, 4) is 0 Å². The molecule has 8 heteroatoms. The molecule has 0 bridgehead atoms. The zero-order valence-corrected chi connectivity index (χ0v) is 36.7. The Hall–Kier alpha value is 4.44. The van der Waals surface area contributed by atoms with Gasteiger partial charge in [-0.15, -0.1) is 0 Å². The third kappa shape index (κ3) is 27.3. The Morgan fingerprint density at radius 3 is 1.13 bits per heavy atom. The second kappa shape index (κ2) is 21.4. The number of hydrogen-bond acceptors (Lipinski definition) is 2. The average Bonchev–Trinajstić information content (AvgIpc) is 2.57. The van der Waals surface area contributed by atoms with Crippen molar-refractivity contribution in [3.05, 3.63) is 0 Å². The van der Waals surface area contributed by atoms with Crippen molar-refractivity contribution in [2.75, 3.05) is 0 Å². The molecule has 0 aromatic rings. The third-order valence-electron chi connectivity index (χ3n) is 5.18. The molecule has 4 unspecified atom stereocenters. The van der Waals surface area contributed by atoms with Crippen molar-refractivity contribution in [2.45, 2.75) is 120 Å². The van der Waals surface area contributed by atoms with Gasteiger partial charge in [-0.05, 0) is 0 Å². The van der Waals surface area contributed by atoms with Gasteiger partial charge in [0, 0.05) is 23.7 Å². The SMILES string of the molecule is CC(C(C)C(C)(C)[O][Ge])C(C)C(C)([O][Sb])C(C)C.CC(C)(C)[Te].CC(C)(C)[Te].C[Te].[Te]. The molecule has 0 saturated heterocycles. The van der Waals surface area contributed by atoms with Crippen molar-refractivity contribution >= 4 is 131 Å². The van der Waals surface area contributed by atoms with E-state index in [-0.39, 0.29) is 34.9 Å². The summed E-state index contributed by atoms with van der Waals surface area (Å²) in [5, 5.41) is 0. The fourth-order valence-corrected chi connectivity index (χ4v) is 3.86. The zero-order valence-electron chi connectivity index (χ0n) is 22.7. The smallest absolute Gasteiger partial charge is 0 e.